The summed E-state index contributed by atoms with van der Waals surface area (Å²) in [5, 5.41) is 10.9. The monoisotopic (exact) mass is 491 g/mol. The van der Waals surface area contributed by atoms with Crippen LogP contribution in [0.1, 0.15) is 16.9 Å². The van der Waals surface area contributed by atoms with E-state index >= 15 is 0 Å². The van der Waals surface area contributed by atoms with Crippen molar-refractivity contribution in [2.75, 3.05) is 13.1 Å². The average Bonchev–Trinajstić information content (AvgIpc) is 3.39. The maximum atomic E-state index is 5.37. The summed E-state index contributed by atoms with van der Waals surface area (Å²) in [4.78, 5) is 4.73. The second-order valence-corrected chi connectivity index (χ2v) is 6.06. The van der Waals surface area contributed by atoms with Crippen molar-refractivity contribution in [2.24, 2.45) is 4.99 Å². The third-order valence-corrected chi connectivity index (χ3v) is 4.08. The summed E-state index contributed by atoms with van der Waals surface area (Å²) in [5.41, 5.74) is 2.39. The molecule has 7 heteroatoms. The molecule has 0 atom stereocenters. The minimum atomic E-state index is 0. The van der Waals surface area contributed by atoms with Gasteiger partial charge in [0.2, 0.25) is 0 Å². The van der Waals surface area contributed by atoms with E-state index in [0.717, 1.165) is 31.2 Å². The Morgan fingerprint density at radius 3 is 2.71 bits per heavy atom. The zero-order valence-electron chi connectivity index (χ0n) is 15.8. The summed E-state index contributed by atoms with van der Waals surface area (Å²) in [7, 11) is 0. The highest BCUT2D eigenvalue weighted by atomic mass is 127. The van der Waals surface area contributed by atoms with Gasteiger partial charge in [-0.3, -0.25) is 4.68 Å². The summed E-state index contributed by atoms with van der Waals surface area (Å²) < 4.78 is 7.28. The molecule has 0 saturated heterocycles. The lowest BCUT2D eigenvalue weighted by Crippen LogP contribution is -2.38. The molecule has 0 aliphatic carbocycles. The van der Waals surface area contributed by atoms with Gasteiger partial charge in [0.05, 0.1) is 19.4 Å². The molecular weight excluding hydrogens is 465 g/mol. The van der Waals surface area contributed by atoms with Crippen molar-refractivity contribution in [3.05, 3.63) is 90.7 Å². The van der Waals surface area contributed by atoms with Gasteiger partial charge in [0.25, 0.3) is 0 Å². The number of furan rings is 1. The summed E-state index contributed by atoms with van der Waals surface area (Å²) in [6, 6.07) is 14.1. The van der Waals surface area contributed by atoms with E-state index in [2.05, 4.69) is 34.4 Å². The predicted octanol–water partition coefficient (Wildman–Crippen LogP) is 3.61. The molecule has 0 radical (unpaired) electrons. The molecular formula is C21H26IN5O. The van der Waals surface area contributed by atoms with Gasteiger partial charge in [-0.15, -0.1) is 30.6 Å². The third-order valence-electron chi connectivity index (χ3n) is 4.08. The fraction of sp³-hybridized carbons (Fsp3) is 0.238. The van der Waals surface area contributed by atoms with Gasteiger partial charge >= 0.3 is 0 Å². The Kier molecular flexibility index (Phi) is 9.33. The van der Waals surface area contributed by atoms with Crippen LogP contribution in [0.2, 0.25) is 0 Å². The summed E-state index contributed by atoms with van der Waals surface area (Å²) in [6.07, 6.45) is 8.07. The standard InChI is InChI=1S/C21H25N5O.HI/c1-2-11-22-21(23-13-10-20-9-5-15-27-20)24-16-18-7-3-4-8-19(18)17-26-14-6-12-25-26;/h2-9,12,14-15H,1,10-11,13,16-17H2,(H2,22,23,24);1H. The SMILES string of the molecule is C=CCNC(=NCc1ccccc1Cn1cccn1)NCCc1ccco1.I. The Labute approximate surface area is 182 Å². The fourth-order valence-corrected chi connectivity index (χ4v) is 2.70. The quantitative estimate of drug-likeness (QED) is 0.208. The van der Waals surface area contributed by atoms with E-state index < -0.39 is 0 Å². The lowest BCUT2D eigenvalue weighted by molar-refractivity contribution is 0.507. The molecule has 0 fully saturated rings. The van der Waals surface area contributed by atoms with Crippen LogP contribution >= 0.6 is 24.0 Å². The van der Waals surface area contributed by atoms with E-state index in [9.17, 15) is 0 Å². The number of aliphatic imine (C=N–C) groups is 1. The smallest absolute Gasteiger partial charge is 0.191 e. The largest absolute Gasteiger partial charge is 0.469 e. The first-order chi connectivity index (χ1) is 13.3. The second kappa shape index (κ2) is 12.0. The van der Waals surface area contributed by atoms with Crippen LogP contribution in [0.4, 0.5) is 0 Å². The minimum Gasteiger partial charge on any atom is -0.469 e. The van der Waals surface area contributed by atoms with E-state index in [4.69, 9.17) is 9.41 Å². The maximum Gasteiger partial charge on any atom is 0.191 e. The van der Waals surface area contributed by atoms with Crippen LogP contribution in [-0.2, 0) is 19.5 Å². The van der Waals surface area contributed by atoms with Crippen molar-refractivity contribution >= 4 is 29.9 Å². The maximum absolute atomic E-state index is 5.37. The highest BCUT2D eigenvalue weighted by Gasteiger charge is 2.04. The molecule has 1 aromatic carbocycles. The molecule has 0 amide bonds. The summed E-state index contributed by atoms with van der Waals surface area (Å²) in [5.74, 6) is 1.71. The van der Waals surface area contributed by atoms with Gasteiger partial charge in [0.1, 0.15) is 5.76 Å². The number of halogens is 1. The first-order valence-electron chi connectivity index (χ1n) is 9.05. The second-order valence-electron chi connectivity index (χ2n) is 6.06. The molecule has 3 aromatic rings. The van der Waals surface area contributed by atoms with Crippen molar-refractivity contribution in [2.45, 2.75) is 19.5 Å². The van der Waals surface area contributed by atoms with Crippen molar-refractivity contribution < 1.29 is 4.42 Å². The van der Waals surface area contributed by atoms with E-state index in [1.54, 1.807) is 12.5 Å². The van der Waals surface area contributed by atoms with Crippen LogP contribution < -0.4 is 10.6 Å². The first kappa shape index (κ1) is 21.7. The van der Waals surface area contributed by atoms with Gasteiger partial charge in [-0.25, -0.2) is 4.99 Å². The predicted molar refractivity (Wildman–Crippen MR) is 123 cm³/mol. The molecule has 0 aliphatic rings. The Bertz CT molecular complexity index is 844. The molecule has 0 unspecified atom stereocenters. The third kappa shape index (κ3) is 6.88. The van der Waals surface area contributed by atoms with Crippen molar-refractivity contribution in [3.63, 3.8) is 0 Å². The van der Waals surface area contributed by atoms with E-state index in [-0.39, 0.29) is 24.0 Å². The highest BCUT2D eigenvalue weighted by Crippen LogP contribution is 2.11. The van der Waals surface area contributed by atoms with Crippen LogP contribution in [0, 0.1) is 0 Å². The number of hydrogen-bond donors (Lipinski definition) is 2. The number of guanidine groups is 1. The van der Waals surface area contributed by atoms with Gasteiger partial charge in [0.15, 0.2) is 5.96 Å². The molecule has 3 rings (SSSR count). The Balaban J connectivity index is 0.00000280. The minimum absolute atomic E-state index is 0. The van der Waals surface area contributed by atoms with E-state index in [1.807, 2.05) is 47.3 Å². The summed E-state index contributed by atoms with van der Waals surface area (Å²) in [6.45, 7) is 6.48. The van der Waals surface area contributed by atoms with Crippen LogP contribution in [-0.4, -0.2) is 28.8 Å². The number of aromatic nitrogens is 2. The zero-order valence-corrected chi connectivity index (χ0v) is 18.1. The average molecular weight is 491 g/mol. The van der Waals surface area contributed by atoms with Crippen LogP contribution in [0.3, 0.4) is 0 Å². The number of hydrogen-bond acceptors (Lipinski definition) is 3. The van der Waals surface area contributed by atoms with E-state index in [1.165, 1.54) is 11.1 Å². The molecule has 0 bridgehead atoms. The normalized spacial score (nSPS) is 10.9. The number of rotatable bonds is 9. The van der Waals surface area contributed by atoms with E-state index in [0.29, 0.717) is 13.1 Å². The molecule has 0 aliphatic heterocycles. The Hall–Kier alpha value is -2.55. The van der Waals surface area contributed by atoms with Crippen LogP contribution in [0.25, 0.3) is 0 Å². The van der Waals surface area contributed by atoms with Gasteiger partial charge in [0, 0.05) is 31.9 Å². The summed E-state index contributed by atoms with van der Waals surface area (Å²) >= 11 is 0. The van der Waals surface area contributed by atoms with Gasteiger partial charge in [-0.2, -0.15) is 5.10 Å². The lowest BCUT2D eigenvalue weighted by Gasteiger charge is -2.12. The number of nitrogens with one attached hydrogen (secondary N) is 2. The fourth-order valence-electron chi connectivity index (χ4n) is 2.70. The molecule has 0 spiro atoms. The van der Waals surface area contributed by atoms with Crippen LogP contribution in [0.5, 0.6) is 0 Å². The van der Waals surface area contributed by atoms with Crippen LogP contribution in [0.15, 0.2) is 83.2 Å². The number of nitrogens with zero attached hydrogens (tertiary/aromatic N) is 3. The van der Waals surface area contributed by atoms with Gasteiger partial charge < -0.3 is 15.1 Å². The van der Waals surface area contributed by atoms with Crippen molar-refractivity contribution in [3.8, 4) is 0 Å². The Morgan fingerprint density at radius 1 is 1.14 bits per heavy atom. The Morgan fingerprint density at radius 2 is 2.00 bits per heavy atom. The number of benzene rings is 1. The topological polar surface area (TPSA) is 67.4 Å². The van der Waals surface area contributed by atoms with Gasteiger partial charge in [-0.05, 0) is 29.3 Å². The molecule has 2 N–H and O–H groups in total. The van der Waals surface area contributed by atoms with Crippen molar-refractivity contribution in [1.29, 1.82) is 0 Å². The lowest BCUT2D eigenvalue weighted by atomic mass is 10.1. The van der Waals surface area contributed by atoms with Gasteiger partial charge in [-0.1, -0.05) is 30.3 Å². The molecule has 2 heterocycles. The zero-order chi connectivity index (χ0) is 18.7. The molecule has 0 saturated carbocycles. The highest BCUT2D eigenvalue weighted by molar-refractivity contribution is 14.0. The first-order valence-corrected chi connectivity index (χ1v) is 9.05. The molecule has 6 nitrogen and oxygen atoms in total. The molecule has 28 heavy (non-hydrogen) atoms. The molecule has 2 aromatic heterocycles. The van der Waals surface area contributed by atoms with Crippen molar-refractivity contribution in [1.82, 2.24) is 20.4 Å². The molecule has 148 valence electrons.